The molecular formula is C14H16BrN3O. The average molecular weight is 322 g/mol. The third-order valence-corrected chi connectivity index (χ3v) is 4.55. The number of rotatable bonds is 2. The molecule has 0 bridgehead atoms. The summed E-state index contributed by atoms with van der Waals surface area (Å²) in [5.41, 5.74) is 6.75. The minimum Gasteiger partial charge on any atom is -0.327 e. The average Bonchev–Trinajstić information content (AvgIpc) is 2.73. The van der Waals surface area contributed by atoms with E-state index in [9.17, 15) is 4.79 Å². The highest BCUT2D eigenvalue weighted by Gasteiger charge is 2.43. The van der Waals surface area contributed by atoms with Crippen molar-refractivity contribution in [3.05, 3.63) is 28.2 Å². The lowest BCUT2D eigenvalue weighted by Gasteiger charge is -2.27. The summed E-state index contributed by atoms with van der Waals surface area (Å²) in [5.74, 6) is -0.0529. The molecule has 0 spiro atoms. The maximum Gasteiger partial charge on any atom is 0.231 e. The van der Waals surface area contributed by atoms with Crippen LogP contribution in [0.5, 0.6) is 0 Å². The number of carbonyl (C=O) groups excluding carboxylic acids is 1. The molecule has 5 heteroatoms. The summed E-state index contributed by atoms with van der Waals surface area (Å²) in [4.78, 5) is 12.4. The van der Waals surface area contributed by atoms with Crippen molar-refractivity contribution in [1.29, 1.82) is 5.26 Å². The highest BCUT2D eigenvalue weighted by Crippen LogP contribution is 2.38. The zero-order valence-electron chi connectivity index (χ0n) is 10.7. The molecule has 0 saturated heterocycles. The first kappa shape index (κ1) is 14.0. The first-order valence-electron chi connectivity index (χ1n) is 6.24. The van der Waals surface area contributed by atoms with Crippen LogP contribution in [0.1, 0.15) is 31.7 Å². The number of nitriles is 1. The Balaban J connectivity index is 2.18. The lowest BCUT2D eigenvalue weighted by atomic mass is 9.84. The molecule has 2 atom stereocenters. The van der Waals surface area contributed by atoms with Gasteiger partial charge in [0.2, 0.25) is 5.91 Å². The maximum absolute atomic E-state index is 12.4. The molecule has 0 aromatic heterocycles. The number of hydrogen-bond acceptors (Lipinski definition) is 3. The molecule has 1 aliphatic rings. The molecule has 19 heavy (non-hydrogen) atoms. The van der Waals surface area contributed by atoms with Crippen molar-refractivity contribution in [3.8, 4) is 6.07 Å². The van der Waals surface area contributed by atoms with E-state index in [1.54, 1.807) is 18.2 Å². The number of anilines is 1. The van der Waals surface area contributed by atoms with Gasteiger partial charge in [-0.05, 0) is 53.9 Å². The Bertz CT molecular complexity index is 552. The van der Waals surface area contributed by atoms with Crippen molar-refractivity contribution < 1.29 is 4.79 Å². The van der Waals surface area contributed by atoms with Crippen LogP contribution in [0.4, 0.5) is 5.69 Å². The van der Waals surface area contributed by atoms with Crippen molar-refractivity contribution in [2.45, 2.75) is 32.2 Å². The Morgan fingerprint density at radius 3 is 2.89 bits per heavy atom. The third-order valence-electron chi connectivity index (χ3n) is 3.89. The van der Waals surface area contributed by atoms with Gasteiger partial charge in [-0.25, -0.2) is 0 Å². The fourth-order valence-electron chi connectivity index (χ4n) is 2.43. The van der Waals surface area contributed by atoms with Gasteiger partial charge in [-0.1, -0.05) is 6.42 Å². The zero-order valence-corrected chi connectivity index (χ0v) is 12.3. The summed E-state index contributed by atoms with van der Waals surface area (Å²) in [6.45, 7) is 1.91. The smallest absolute Gasteiger partial charge is 0.231 e. The van der Waals surface area contributed by atoms with E-state index in [1.165, 1.54) is 0 Å². The van der Waals surface area contributed by atoms with Gasteiger partial charge in [-0.3, -0.25) is 4.79 Å². The van der Waals surface area contributed by atoms with E-state index in [1.807, 2.05) is 6.92 Å². The molecule has 1 fully saturated rings. The number of nitrogens with one attached hydrogen (secondary N) is 1. The fraction of sp³-hybridized carbons (Fsp3) is 0.429. The largest absolute Gasteiger partial charge is 0.327 e. The van der Waals surface area contributed by atoms with Crippen molar-refractivity contribution in [2.75, 3.05) is 5.32 Å². The van der Waals surface area contributed by atoms with Crippen LogP contribution in [-0.2, 0) is 4.79 Å². The third kappa shape index (κ3) is 2.65. The Kier molecular flexibility index (Phi) is 3.93. The number of halogens is 1. The molecule has 1 aromatic carbocycles. The number of nitrogens with zero attached hydrogens (tertiary/aromatic N) is 1. The van der Waals surface area contributed by atoms with Gasteiger partial charge in [0.25, 0.3) is 0 Å². The van der Waals surface area contributed by atoms with E-state index in [4.69, 9.17) is 11.0 Å². The SMILES string of the molecule is CC1(C(=O)Nc2ccc(C#N)cc2Br)CCCC1N. The number of hydrogen-bond donors (Lipinski definition) is 2. The van der Waals surface area contributed by atoms with Crippen molar-refractivity contribution in [1.82, 2.24) is 0 Å². The number of carbonyl (C=O) groups is 1. The minimum absolute atomic E-state index is 0.0529. The van der Waals surface area contributed by atoms with E-state index in [-0.39, 0.29) is 11.9 Å². The van der Waals surface area contributed by atoms with E-state index in [0.29, 0.717) is 15.7 Å². The molecule has 1 aliphatic carbocycles. The number of nitrogens with two attached hydrogens (primary N) is 1. The number of benzene rings is 1. The van der Waals surface area contributed by atoms with Gasteiger partial charge in [0.15, 0.2) is 0 Å². The van der Waals surface area contributed by atoms with Gasteiger partial charge >= 0.3 is 0 Å². The molecule has 2 unspecified atom stereocenters. The Morgan fingerprint density at radius 1 is 1.63 bits per heavy atom. The fourth-order valence-corrected chi connectivity index (χ4v) is 2.90. The van der Waals surface area contributed by atoms with Crippen LogP contribution in [0.2, 0.25) is 0 Å². The van der Waals surface area contributed by atoms with Crippen molar-refractivity contribution >= 4 is 27.5 Å². The highest BCUT2D eigenvalue weighted by atomic mass is 79.9. The van der Waals surface area contributed by atoms with E-state index in [0.717, 1.165) is 19.3 Å². The second-order valence-corrected chi connectivity index (χ2v) is 6.03. The van der Waals surface area contributed by atoms with Crippen molar-refractivity contribution in [3.63, 3.8) is 0 Å². The van der Waals surface area contributed by atoms with Gasteiger partial charge in [-0.2, -0.15) is 5.26 Å². The summed E-state index contributed by atoms with van der Waals surface area (Å²) in [7, 11) is 0. The Labute approximate surface area is 121 Å². The molecule has 100 valence electrons. The van der Waals surface area contributed by atoms with E-state index < -0.39 is 5.41 Å². The predicted molar refractivity (Wildman–Crippen MR) is 77.4 cm³/mol. The highest BCUT2D eigenvalue weighted by molar-refractivity contribution is 9.10. The van der Waals surface area contributed by atoms with Crippen LogP contribution in [0.15, 0.2) is 22.7 Å². The van der Waals surface area contributed by atoms with Gasteiger partial charge in [-0.15, -0.1) is 0 Å². The molecule has 0 radical (unpaired) electrons. The molecular weight excluding hydrogens is 306 g/mol. The van der Waals surface area contributed by atoms with Crippen LogP contribution in [-0.4, -0.2) is 11.9 Å². The number of amides is 1. The predicted octanol–water partition coefficient (Wildman–Crippen LogP) is 2.78. The summed E-state index contributed by atoms with van der Waals surface area (Å²) < 4.78 is 0.704. The Morgan fingerprint density at radius 2 is 2.37 bits per heavy atom. The van der Waals surface area contributed by atoms with Crippen LogP contribution in [0, 0.1) is 16.7 Å². The van der Waals surface area contributed by atoms with Gasteiger partial charge in [0, 0.05) is 10.5 Å². The molecule has 1 amide bonds. The van der Waals surface area contributed by atoms with E-state index in [2.05, 4.69) is 27.3 Å². The van der Waals surface area contributed by atoms with Crippen LogP contribution in [0.25, 0.3) is 0 Å². The summed E-state index contributed by atoms with van der Waals surface area (Å²) in [6.07, 6.45) is 2.69. The van der Waals surface area contributed by atoms with Crippen LogP contribution >= 0.6 is 15.9 Å². The summed E-state index contributed by atoms with van der Waals surface area (Å²) in [5, 5.41) is 11.7. The quantitative estimate of drug-likeness (QED) is 0.879. The summed E-state index contributed by atoms with van der Waals surface area (Å²) in [6, 6.07) is 7.05. The second-order valence-electron chi connectivity index (χ2n) is 5.18. The first-order chi connectivity index (χ1) is 8.97. The molecule has 4 nitrogen and oxygen atoms in total. The first-order valence-corrected chi connectivity index (χ1v) is 7.03. The van der Waals surface area contributed by atoms with Crippen LogP contribution in [0.3, 0.4) is 0 Å². The normalized spacial score (nSPS) is 25.9. The monoisotopic (exact) mass is 321 g/mol. The zero-order chi connectivity index (χ0) is 14.0. The molecule has 1 aromatic rings. The Hall–Kier alpha value is -1.38. The molecule has 0 heterocycles. The van der Waals surface area contributed by atoms with Crippen LogP contribution < -0.4 is 11.1 Å². The second kappa shape index (κ2) is 5.32. The topological polar surface area (TPSA) is 78.9 Å². The minimum atomic E-state index is -0.507. The van der Waals surface area contributed by atoms with Gasteiger partial charge in [0.05, 0.1) is 22.7 Å². The molecule has 2 rings (SSSR count). The lowest BCUT2D eigenvalue weighted by Crippen LogP contribution is -2.44. The van der Waals surface area contributed by atoms with E-state index >= 15 is 0 Å². The van der Waals surface area contributed by atoms with Crippen molar-refractivity contribution in [2.24, 2.45) is 11.1 Å². The standard InChI is InChI=1S/C14H16BrN3O/c1-14(6-2-3-12(14)17)13(19)18-11-5-4-9(8-16)7-10(11)15/h4-5,7,12H,2-3,6,17H2,1H3,(H,18,19). The summed E-state index contributed by atoms with van der Waals surface area (Å²) >= 11 is 3.36. The molecule has 1 saturated carbocycles. The molecule has 3 N–H and O–H groups in total. The van der Waals surface area contributed by atoms with Gasteiger partial charge in [0.1, 0.15) is 0 Å². The molecule has 0 aliphatic heterocycles. The van der Waals surface area contributed by atoms with Gasteiger partial charge < -0.3 is 11.1 Å². The lowest BCUT2D eigenvalue weighted by molar-refractivity contribution is -0.125. The maximum atomic E-state index is 12.4.